The van der Waals surface area contributed by atoms with Crippen molar-refractivity contribution in [3.63, 3.8) is 0 Å². The van der Waals surface area contributed by atoms with Crippen molar-refractivity contribution in [1.29, 1.82) is 0 Å². The number of hydrogen-bond donors (Lipinski definition) is 0. The molecule has 136 valence electrons. The number of benzene rings is 2. The van der Waals surface area contributed by atoms with Gasteiger partial charge in [0.15, 0.2) is 0 Å². The van der Waals surface area contributed by atoms with Crippen LogP contribution in [0.2, 0.25) is 0 Å². The molecule has 26 heavy (non-hydrogen) atoms. The van der Waals surface area contributed by atoms with E-state index in [1.807, 2.05) is 60.8 Å². The molecule has 2 aromatic rings. The monoisotopic (exact) mass is 351 g/mol. The van der Waals surface area contributed by atoms with E-state index >= 15 is 0 Å². The predicted molar refractivity (Wildman–Crippen MR) is 107 cm³/mol. The molecular weight excluding hydrogens is 326 g/mol. The smallest absolute Gasteiger partial charge is 0.142 e. The molecule has 0 aliphatic carbocycles. The normalized spacial score (nSPS) is 15.0. The first kappa shape index (κ1) is 17.9. The molecule has 0 saturated carbocycles. The molecule has 1 aliphatic rings. The van der Waals surface area contributed by atoms with Crippen LogP contribution in [0.15, 0.2) is 59.7 Å². The zero-order valence-electron chi connectivity index (χ0n) is 15.3. The number of ether oxygens (including phenoxy) is 2. The predicted octanol–water partition coefficient (Wildman–Crippen LogP) is 3.53. The molecule has 3 rings (SSSR count). The maximum absolute atomic E-state index is 5.46. The number of allylic oxidation sites excluding steroid dienone is 1. The van der Waals surface area contributed by atoms with Crippen molar-refractivity contribution in [3.05, 3.63) is 60.2 Å². The summed E-state index contributed by atoms with van der Waals surface area (Å²) in [5.74, 6) is 1.78. The van der Waals surface area contributed by atoms with Crippen LogP contribution in [0.1, 0.15) is 5.56 Å². The first-order valence-corrected chi connectivity index (χ1v) is 8.78. The molecule has 5 heteroatoms. The Kier molecular flexibility index (Phi) is 6.14. The Morgan fingerprint density at radius 2 is 1.50 bits per heavy atom. The Morgan fingerprint density at radius 3 is 2.23 bits per heavy atom. The van der Waals surface area contributed by atoms with Gasteiger partial charge in [-0.2, -0.15) is 5.10 Å². The quantitative estimate of drug-likeness (QED) is 0.746. The third-order valence-electron chi connectivity index (χ3n) is 4.41. The fourth-order valence-electron chi connectivity index (χ4n) is 3.03. The molecule has 0 N–H and O–H groups in total. The number of rotatable bonds is 6. The molecule has 1 saturated heterocycles. The van der Waals surface area contributed by atoms with E-state index in [2.05, 4.69) is 21.1 Å². The van der Waals surface area contributed by atoms with E-state index in [0.717, 1.165) is 48.9 Å². The van der Waals surface area contributed by atoms with E-state index in [1.165, 1.54) is 0 Å². The van der Waals surface area contributed by atoms with Crippen molar-refractivity contribution < 1.29 is 9.47 Å². The molecule has 5 nitrogen and oxygen atoms in total. The lowest BCUT2D eigenvalue weighted by Crippen LogP contribution is -2.44. The highest BCUT2D eigenvalue weighted by atomic mass is 16.5. The van der Waals surface area contributed by atoms with Crippen LogP contribution in [0.5, 0.6) is 11.5 Å². The van der Waals surface area contributed by atoms with Crippen molar-refractivity contribution in [2.45, 2.75) is 0 Å². The molecule has 1 heterocycles. The number of hydrogen-bond acceptors (Lipinski definition) is 5. The maximum atomic E-state index is 5.46. The minimum absolute atomic E-state index is 0.863. The molecule has 1 fully saturated rings. The van der Waals surface area contributed by atoms with Gasteiger partial charge in [-0.05, 0) is 30.4 Å². The van der Waals surface area contributed by atoms with Gasteiger partial charge in [0, 0.05) is 24.9 Å². The van der Waals surface area contributed by atoms with Gasteiger partial charge < -0.3 is 14.4 Å². The fraction of sp³-hybridized carbons (Fsp3) is 0.286. The van der Waals surface area contributed by atoms with E-state index in [9.17, 15) is 0 Å². The first-order valence-electron chi connectivity index (χ1n) is 8.78. The van der Waals surface area contributed by atoms with Gasteiger partial charge in [0.25, 0.3) is 0 Å². The van der Waals surface area contributed by atoms with Gasteiger partial charge in [0.1, 0.15) is 11.5 Å². The first-order chi connectivity index (χ1) is 12.8. The van der Waals surface area contributed by atoms with Gasteiger partial charge in [-0.3, -0.25) is 5.01 Å². The van der Waals surface area contributed by atoms with Crippen molar-refractivity contribution in [2.24, 2.45) is 5.10 Å². The second-order valence-electron chi connectivity index (χ2n) is 5.98. The van der Waals surface area contributed by atoms with Crippen LogP contribution in [0.25, 0.3) is 6.08 Å². The summed E-state index contributed by atoms with van der Waals surface area (Å²) in [4.78, 5) is 2.34. The van der Waals surface area contributed by atoms with Crippen molar-refractivity contribution in [3.8, 4) is 11.5 Å². The molecule has 2 aromatic carbocycles. The average Bonchev–Trinajstić information content (AvgIpc) is 2.72. The van der Waals surface area contributed by atoms with Crippen molar-refractivity contribution >= 4 is 18.0 Å². The maximum Gasteiger partial charge on any atom is 0.142 e. The minimum Gasteiger partial charge on any atom is -0.496 e. The zero-order chi connectivity index (χ0) is 18.2. The van der Waals surface area contributed by atoms with Crippen LogP contribution < -0.4 is 14.4 Å². The Balaban J connectivity index is 1.54. The molecule has 0 amide bonds. The van der Waals surface area contributed by atoms with Gasteiger partial charge in [-0.15, -0.1) is 0 Å². The Labute approximate surface area is 155 Å². The Bertz CT molecular complexity index is 765. The standard InChI is InChI=1S/C21H25N3O2/c1-25-20-11-5-3-8-18(20)9-7-13-22-24-16-14-23(15-17-24)19-10-4-6-12-21(19)26-2/h3-13H,14-17H2,1-2H3. The second-order valence-corrected chi connectivity index (χ2v) is 5.98. The van der Waals surface area contributed by atoms with Crippen LogP contribution >= 0.6 is 0 Å². The van der Waals surface area contributed by atoms with E-state index in [0.29, 0.717) is 0 Å². The van der Waals surface area contributed by atoms with Gasteiger partial charge in [-0.25, -0.2) is 0 Å². The summed E-state index contributed by atoms with van der Waals surface area (Å²) in [6.45, 7) is 3.62. The largest absolute Gasteiger partial charge is 0.496 e. The number of nitrogens with zero attached hydrogens (tertiary/aromatic N) is 3. The van der Waals surface area contributed by atoms with Crippen LogP contribution in [-0.4, -0.2) is 51.6 Å². The minimum atomic E-state index is 0.863. The average molecular weight is 351 g/mol. The van der Waals surface area contributed by atoms with E-state index < -0.39 is 0 Å². The van der Waals surface area contributed by atoms with Gasteiger partial charge in [0.2, 0.25) is 0 Å². The molecule has 0 spiro atoms. The SMILES string of the molecule is COc1ccccc1C=CC=NN1CCN(c2ccccc2OC)CC1. The van der Waals surface area contributed by atoms with Crippen molar-refractivity contribution in [2.75, 3.05) is 45.3 Å². The molecule has 1 aliphatic heterocycles. The van der Waals surface area contributed by atoms with Gasteiger partial charge >= 0.3 is 0 Å². The summed E-state index contributed by atoms with van der Waals surface area (Å²) < 4.78 is 10.8. The molecule has 0 radical (unpaired) electrons. The number of anilines is 1. The third-order valence-corrected chi connectivity index (χ3v) is 4.41. The molecule has 0 atom stereocenters. The topological polar surface area (TPSA) is 37.3 Å². The molecule has 0 bridgehead atoms. The van der Waals surface area contributed by atoms with E-state index in [4.69, 9.17) is 9.47 Å². The van der Waals surface area contributed by atoms with E-state index in [1.54, 1.807) is 14.2 Å². The Morgan fingerprint density at radius 1 is 0.846 bits per heavy atom. The van der Waals surface area contributed by atoms with E-state index in [-0.39, 0.29) is 0 Å². The summed E-state index contributed by atoms with van der Waals surface area (Å²) in [6, 6.07) is 16.1. The van der Waals surface area contributed by atoms with Crippen LogP contribution in [0.4, 0.5) is 5.69 Å². The zero-order valence-corrected chi connectivity index (χ0v) is 15.3. The summed E-state index contributed by atoms with van der Waals surface area (Å²) in [6.07, 6.45) is 5.79. The number of para-hydroxylation sites is 3. The second kappa shape index (κ2) is 8.94. The highest BCUT2D eigenvalue weighted by Gasteiger charge is 2.18. The van der Waals surface area contributed by atoms with Crippen LogP contribution in [0.3, 0.4) is 0 Å². The number of methoxy groups -OCH3 is 2. The molecular formula is C21H25N3O2. The lowest BCUT2D eigenvalue weighted by Gasteiger charge is -2.35. The van der Waals surface area contributed by atoms with Crippen LogP contribution in [0, 0.1) is 0 Å². The molecule has 0 unspecified atom stereocenters. The van der Waals surface area contributed by atoms with Crippen LogP contribution in [-0.2, 0) is 0 Å². The highest BCUT2D eigenvalue weighted by molar-refractivity contribution is 5.79. The van der Waals surface area contributed by atoms with Gasteiger partial charge in [0.05, 0.1) is 33.0 Å². The molecule has 0 aromatic heterocycles. The lowest BCUT2D eigenvalue weighted by atomic mass is 10.2. The number of piperazine rings is 1. The summed E-state index contributed by atoms with van der Waals surface area (Å²) in [7, 11) is 3.40. The number of hydrazone groups is 1. The summed E-state index contributed by atoms with van der Waals surface area (Å²) >= 11 is 0. The highest BCUT2D eigenvalue weighted by Crippen LogP contribution is 2.28. The Hall–Kier alpha value is -2.95. The third kappa shape index (κ3) is 4.36. The summed E-state index contributed by atoms with van der Waals surface area (Å²) in [5.41, 5.74) is 2.19. The summed E-state index contributed by atoms with van der Waals surface area (Å²) in [5, 5.41) is 6.64. The lowest BCUT2D eigenvalue weighted by molar-refractivity contribution is 0.271. The van der Waals surface area contributed by atoms with Gasteiger partial charge in [-0.1, -0.05) is 30.3 Å². The fourth-order valence-corrected chi connectivity index (χ4v) is 3.03. The van der Waals surface area contributed by atoms with Crippen molar-refractivity contribution in [1.82, 2.24) is 5.01 Å².